The number of ether oxygens (including phenoxy) is 1. The van der Waals surface area contributed by atoms with E-state index < -0.39 is 0 Å². The number of carbonyl (C=O) groups is 1. The van der Waals surface area contributed by atoms with E-state index in [0.29, 0.717) is 6.54 Å². The van der Waals surface area contributed by atoms with Gasteiger partial charge in [0, 0.05) is 29.6 Å². The minimum Gasteiger partial charge on any atom is -0.457 e. The molecule has 0 N–H and O–H groups in total. The Hall–Kier alpha value is -2.72. The highest BCUT2D eigenvalue weighted by atomic mass is 32.2. The number of rotatable bonds is 4. The zero-order chi connectivity index (χ0) is 18.8. The van der Waals surface area contributed by atoms with Gasteiger partial charge in [0.25, 0.3) is 0 Å². The molecule has 0 saturated heterocycles. The molecular weight excluding hydrogens is 354 g/mol. The molecule has 136 valence electrons. The lowest BCUT2D eigenvalue weighted by Crippen LogP contribution is -2.33. The van der Waals surface area contributed by atoms with Crippen molar-refractivity contribution in [2.24, 2.45) is 0 Å². The van der Waals surface area contributed by atoms with Crippen molar-refractivity contribution in [1.82, 2.24) is 4.90 Å². The number of benzene rings is 3. The molecule has 1 aliphatic heterocycles. The Morgan fingerprint density at radius 2 is 1.48 bits per heavy atom. The zero-order valence-electron chi connectivity index (χ0n) is 15.4. The molecule has 1 amide bonds. The Bertz CT molecular complexity index is 923. The van der Waals surface area contributed by atoms with E-state index in [-0.39, 0.29) is 11.8 Å². The predicted molar refractivity (Wildman–Crippen MR) is 109 cm³/mol. The van der Waals surface area contributed by atoms with Crippen LogP contribution >= 0.6 is 11.8 Å². The minimum atomic E-state index is -0.346. The molecule has 27 heavy (non-hydrogen) atoms. The van der Waals surface area contributed by atoms with Crippen LogP contribution in [-0.2, 0) is 11.3 Å². The third-order valence-corrected chi connectivity index (χ3v) is 5.63. The van der Waals surface area contributed by atoms with Crippen molar-refractivity contribution in [3.8, 4) is 11.5 Å². The van der Waals surface area contributed by atoms with Gasteiger partial charge in [-0.05, 0) is 36.1 Å². The van der Waals surface area contributed by atoms with E-state index in [4.69, 9.17) is 4.74 Å². The molecular formula is C23H21NO2S. The van der Waals surface area contributed by atoms with Crippen molar-refractivity contribution < 1.29 is 9.53 Å². The molecule has 3 aromatic carbocycles. The molecule has 0 spiro atoms. The average Bonchev–Trinajstić information content (AvgIpc) is 2.72. The van der Waals surface area contributed by atoms with Gasteiger partial charge in [0.1, 0.15) is 11.5 Å². The molecule has 1 heterocycles. The predicted octanol–water partition coefficient (Wildman–Crippen LogP) is 5.30. The van der Waals surface area contributed by atoms with Gasteiger partial charge in [-0.2, -0.15) is 0 Å². The lowest BCUT2D eigenvalue weighted by molar-refractivity contribution is -0.131. The summed E-state index contributed by atoms with van der Waals surface area (Å²) in [5.41, 5.74) is 2.97. The maximum Gasteiger partial charge on any atom is 0.234 e. The van der Waals surface area contributed by atoms with Crippen LogP contribution in [0.1, 0.15) is 22.6 Å². The summed E-state index contributed by atoms with van der Waals surface area (Å²) in [5, 5.41) is 0. The van der Waals surface area contributed by atoms with Crippen LogP contribution in [0.15, 0.2) is 77.7 Å². The van der Waals surface area contributed by atoms with Gasteiger partial charge in [0.2, 0.25) is 5.91 Å². The summed E-state index contributed by atoms with van der Waals surface area (Å²) in [7, 11) is 1.87. The summed E-state index contributed by atoms with van der Waals surface area (Å²) >= 11 is 1.72. The van der Waals surface area contributed by atoms with Gasteiger partial charge >= 0.3 is 0 Å². The van der Waals surface area contributed by atoms with Gasteiger partial charge in [-0.15, -0.1) is 11.8 Å². The number of amides is 1. The molecule has 0 unspecified atom stereocenters. The topological polar surface area (TPSA) is 29.5 Å². The summed E-state index contributed by atoms with van der Waals surface area (Å²) in [6.45, 7) is 0.579. The SMILES string of the molecule is CSc1ccc(CN(C)C(=O)C2c3ccccc3Oc3ccccc32)cc1. The Morgan fingerprint density at radius 1 is 0.926 bits per heavy atom. The van der Waals surface area contributed by atoms with Gasteiger partial charge in [0.15, 0.2) is 0 Å². The maximum absolute atomic E-state index is 13.4. The average molecular weight is 375 g/mol. The first-order valence-corrected chi connectivity index (χ1v) is 10.1. The Morgan fingerprint density at radius 3 is 2.04 bits per heavy atom. The molecule has 0 aliphatic carbocycles. The number of hydrogen-bond acceptors (Lipinski definition) is 3. The smallest absolute Gasteiger partial charge is 0.234 e. The lowest BCUT2D eigenvalue weighted by Gasteiger charge is -2.30. The Kier molecular flexibility index (Phi) is 4.90. The highest BCUT2D eigenvalue weighted by molar-refractivity contribution is 7.98. The van der Waals surface area contributed by atoms with Crippen molar-refractivity contribution in [2.45, 2.75) is 17.4 Å². The van der Waals surface area contributed by atoms with Gasteiger partial charge in [0.05, 0.1) is 5.92 Å². The third-order valence-electron chi connectivity index (χ3n) is 4.88. The van der Waals surface area contributed by atoms with Crippen LogP contribution in [0.3, 0.4) is 0 Å². The second-order valence-corrected chi connectivity index (χ2v) is 7.53. The standard InChI is InChI=1S/C23H21NO2S/c1-24(15-16-11-13-17(27-2)14-12-16)23(25)22-18-7-3-5-9-20(18)26-21-10-6-4-8-19(21)22/h3-14,22H,15H2,1-2H3. The van der Waals surface area contributed by atoms with Gasteiger partial charge < -0.3 is 9.64 Å². The summed E-state index contributed by atoms with van der Waals surface area (Å²) in [6, 6.07) is 24.0. The third kappa shape index (κ3) is 3.45. The lowest BCUT2D eigenvalue weighted by atomic mass is 9.87. The largest absolute Gasteiger partial charge is 0.457 e. The van der Waals surface area contributed by atoms with Crippen LogP contribution in [0.5, 0.6) is 11.5 Å². The minimum absolute atomic E-state index is 0.0761. The zero-order valence-corrected chi connectivity index (χ0v) is 16.2. The number of likely N-dealkylation sites (N-methyl/N-ethyl adjacent to an activating group) is 1. The quantitative estimate of drug-likeness (QED) is 0.579. The van der Waals surface area contributed by atoms with Gasteiger partial charge in [-0.25, -0.2) is 0 Å². The number of hydrogen-bond donors (Lipinski definition) is 0. The van der Waals surface area contributed by atoms with Crippen molar-refractivity contribution >= 4 is 17.7 Å². The fourth-order valence-corrected chi connectivity index (χ4v) is 3.89. The van der Waals surface area contributed by atoms with E-state index in [0.717, 1.165) is 28.2 Å². The molecule has 3 nitrogen and oxygen atoms in total. The van der Waals surface area contributed by atoms with E-state index in [2.05, 4.69) is 30.5 Å². The molecule has 4 heteroatoms. The van der Waals surface area contributed by atoms with Gasteiger partial charge in [-0.3, -0.25) is 4.79 Å². The molecule has 0 saturated carbocycles. The van der Waals surface area contributed by atoms with Crippen LogP contribution < -0.4 is 4.74 Å². The highest BCUT2D eigenvalue weighted by Crippen LogP contribution is 2.44. The van der Waals surface area contributed by atoms with Gasteiger partial charge in [-0.1, -0.05) is 48.5 Å². The van der Waals surface area contributed by atoms with Crippen LogP contribution in [0.4, 0.5) is 0 Å². The van der Waals surface area contributed by atoms with E-state index in [1.165, 1.54) is 4.90 Å². The molecule has 1 aliphatic rings. The summed E-state index contributed by atoms with van der Waals surface area (Å²) in [6.07, 6.45) is 2.06. The van der Waals surface area contributed by atoms with E-state index in [1.54, 1.807) is 16.7 Å². The summed E-state index contributed by atoms with van der Waals surface area (Å²) in [5.74, 6) is 1.24. The monoisotopic (exact) mass is 375 g/mol. The second kappa shape index (κ2) is 7.49. The van der Waals surface area contributed by atoms with Crippen molar-refractivity contribution in [3.05, 3.63) is 89.5 Å². The van der Waals surface area contributed by atoms with Crippen molar-refractivity contribution in [3.63, 3.8) is 0 Å². The fraction of sp³-hybridized carbons (Fsp3) is 0.174. The van der Waals surface area contributed by atoms with E-state index in [1.807, 2.05) is 55.6 Å². The number of fused-ring (bicyclic) bond motifs is 2. The van der Waals surface area contributed by atoms with Crippen LogP contribution in [0.2, 0.25) is 0 Å². The normalized spacial score (nSPS) is 12.7. The van der Waals surface area contributed by atoms with E-state index in [9.17, 15) is 4.79 Å². The molecule has 0 atom stereocenters. The van der Waals surface area contributed by atoms with Crippen LogP contribution in [-0.4, -0.2) is 24.1 Å². The first kappa shape index (κ1) is 17.7. The highest BCUT2D eigenvalue weighted by Gasteiger charge is 2.34. The van der Waals surface area contributed by atoms with Crippen LogP contribution in [0, 0.1) is 0 Å². The first-order valence-electron chi connectivity index (χ1n) is 8.91. The van der Waals surface area contributed by atoms with E-state index >= 15 is 0 Å². The van der Waals surface area contributed by atoms with Crippen molar-refractivity contribution in [2.75, 3.05) is 13.3 Å². The Balaban J connectivity index is 1.64. The molecule has 0 aromatic heterocycles. The molecule has 0 bridgehead atoms. The van der Waals surface area contributed by atoms with Crippen molar-refractivity contribution in [1.29, 1.82) is 0 Å². The molecule has 0 fully saturated rings. The summed E-state index contributed by atoms with van der Waals surface area (Å²) < 4.78 is 6.01. The molecule has 3 aromatic rings. The number of para-hydroxylation sites is 2. The summed E-state index contributed by atoms with van der Waals surface area (Å²) in [4.78, 5) is 16.4. The maximum atomic E-state index is 13.4. The second-order valence-electron chi connectivity index (χ2n) is 6.65. The number of thioether (sulfide) groups is 1. The van der Waals surface area contributed by atoms with Crippen LogP contribution in [0.25, 0.3) is 0 Å². The number of carbonyl (C=O) groups excluding carboxylic acids is 1. The molecule has 0 radical (unpaired) electrons. The fourth-order valence-electron chi connectivity index (χ4n) is 3.48. The Labute approximate surface area is 164 Å². The molecule has 4 rings (SSSR count). The first-order chi connectivity index (χ1) is 13.2. The number of nitrogens with zero attached hydrogens (tertiary/aromatic N) is 1.